The van der Waals surface area contributed by atoms with Crippen molar-refractivity contribution in [3.8, 4) is 23.1 Å². The molecular formula is C26H21FN4O5. The predicted molar refractivity (Wildman–Crippen MR) is 130 cm³/mol. The molecule has 1 heterocycles. The van der Waals surface area contributed by atoms with Gasteiger partial charge in [0, 0.05) is 17.4 Å². The van der Waals surface area contributed by atoms with Gasteiger partial charge in [0.1, 0.15) is 23.3 Å². The number of aromatic hydroxyl groups is 1. The number of fused-ring (bicyclic) bond motifs is 1. The molecule has 0 saturated heterocycles. The number of aromatic nitrogens is 2. The van der Waals surface area contributed by atoms with Gasteiger partial charge in [0.2, 0.25) is 17.7 Å². The highest BCUT2D eigenvalue weighted by Crippen LogP contribution is 2.47. The van der Waals surface area contributed by atoms with Gasteiger partial charge in [-0.1, -0.05) is 0 Å². The monoisotopic (exact) mass is 488 g/mol. The fraction of sp³-hybridized carbons (Fsp3) is 0.154. The molecule has 0 unspecified atom stereocenters. The van der Waals surface area contributed by atoms with E-state index in [2.05, 4.69) is 20.6 Å². The van der Waals surface area contributed by atoms with E-state index < -0.39 is 23.0 Å². The van der Waals surface area contributed by atoms with Gasteiger partial charge < -0.3 is 25.2 Å². The zero-order valence-corrected chi connectivity index (χ0v) is 19.1. The van der Waals surface area contributed by atoms with E-state index in [9.17, 15) is 19.1 Å². The summed E-state index contributed by atoms with van der Waals surface area (Å²) in [5.74, 6) is -0.314. The molecule has 0 aliphatic heterocycles. The molecule has 3 aromatic carbocycles. The van der Waals surface area contributed by atoms with Crippen molar-refractivity contribution in [3.05, 3.63) is 72.8 Å². The highest BCUT2D eigenvalue weighted by atomic mass is 19.1. The van der Waals surface area contributed by atoms with E-state index in [1.807, 2.05) is 0 Å². The number of rotatable bonds is 7. The average Bonchev–Trinajstić information content (AvgIpc) is 3.69. The van der Waals surface area contributed by atoms with Crippen LogP contribution >= 0.6 is 0 Å². The van der Waals surface area contributed by atoms with E-state index in [1.54, 1.807) is 30.3 Å². The number of halogens is 1. The fourth-order valence-electron chi connectivity index (χ4n) is 3.73. The van der Waals surface area contributed by atoms with E-state index in [4.69, 9.17) is 9.47 Å². The lowest BCUT2D eigenvalue weighted by Crippen LogP contribution is -2.35. The number of hydrogen-bond acceptors (Lipinski definition) is 7. The second kappa shape index (κ2) is 9.14. The van der Waals surface area contributed by atoms with E-state index >= 15 is 0 Å². The van der Waals surface area contributed by atoms with Crippen molar-refractivity contribution < 1.29 is 28.6 Å². The number of carbonyl (C=O) groups excluding carboxylic acids is 2. The Hall–Kier alpha value is -4.73. The van der Waals surface area contributed by atoms with Crippen molar-refractivity contribution in [1.29, 1.82) is 0 Å². The summed E-state index contributed by atoms with van der Waals surface area (Å²) < 4.78 is 24.1. The van der Waals surface area contributed by atoms with Crippen molar-refractivity contribution in [1.82, 2.24) is 9.97 Å². The third-order valence-corrected chi connectivity index (χ3v) is 5.95. The summed E-state index contributed by atoms with van der Waals surface area (Å²) in [6.45, 7) is 0. The molecule has 10 heteroatoms. The first kappa shape index (κ1) is 23.0. The number of phenolic OH excluding ortho intramolecular Hbond substituents is 1. The van der Waals surface area contributed by atoms with Crippen LogP contribution in [0.3, 0.4) is 0 Å². The zero-order valence-electron chi connectivity index (χ0n) is 19.1. The second-order valence-electron chi connectivity index (χ2n) is 8.34. The van der Waals surface area contributed by atoms with Crippen LogP contribution in [-0.2, 0) is 9.59 Å². The maximum absolute atomic E-state index is 13.1. The summed E-state index contributed by atoms with van der Waals surface area (Å²) in [5, 5.41) is 16.0. The van der Waals surface area contributed by atoms with E-state index in [-0.39, 0.29) is 17.4 Å². The lowest BCUT2D eigenvalue weighted by Gasteiger charge is -2.16. The average molecular weight is 488 g/mol. The molecule has 1 saturated carbocycles. The highest BCUT2D eigenvalue weighted by Gasteiger charge is 2.56. The minimum absolute atomic E-state index is 0.0467. The summed E-state index contributed by atoms with van der Waals surface area (Å²) in [6, 6.07) is 15.0. The molecule has 1 fully saturated rings. The number of phenols is 1. The molecule has 0 atom stereocenters. The van der Waals surface area contributed by atoms with Crippen molar-refractivity contribution in [3.63, 3.8) is 0 Å². The van der Waals surface area contributed by atoms with Crippen LogP contribution in [0.4, 0.5) is 15.8 Å². The topological polar surface area (TPSA) is 123 Å². The normalized spacial score (nSPS) is 13.6. The number of nitrogens with zero attached hydrogens (tertiary/aromatic N) is 2. The first-order valence-corrected chi connectivity index (χ1v) is 11.1. The Balaban J connectivity index is 1.27. The van der Waals surface area contributed by atoms with Crippen LogP contribution in [0.2, 0.25) is 0 Å². The van der Waals surface area contributed by atoms with Gasteiger partial charge in [-0.3, -0.25) is 9.59 Å². The summed E-state index contributed by atoms with van der Waals surface area (Å²) in [4.78, 5) is 33.9. The summed E-state index contributed by atoms with van der Waals surface area (Å²) in [5.41, 5.74) is 0.240. The van der Waals surface area contributed by atoms with Crippen molar-refractivity contribution >= 4 is 34.1 Å². The minimum atomic E-state index is -1.16. The molecule has 1 aliphatic carbocycles. The number of methoxy groups -OCH3 is 1. The molecule has 182 valence electrons. The fourth-order valence-corrected chi connectivity index (χ4v) is 3.73. The van der Waals surface area contributed by atoms with Gasteiger partial charge in [-0.2, -0.15) is 0 Å². The van der Waals surface area contributed by atoms with Gasteiger partial charge in [0.15, 0.2) is 11.5 Å². The Labute approximate surface area is 204 Å². The third-order valence-electron chi connectivity index (χ3n) is 5.95. The highest BCUT2D eigenvalue weighted by molar-refractivity contribution is 6.16. The van der Waals surface area contributed by atoms with Crippen LogP contribution in [0.15, 0.2) is 67.0 Å². The molecule has 0 spiro atoms. The second-order valence-corrected chi connectivity index (χ2v) is 8.34. The van der Waals surface area contributed by atoms with Crippen LogP contribution in [0, 0.1) is 11.2 Å². The first-order valence-electron chi connectivity index (χ1n) is 11.1. The third kappa shape index (κ3) is 4.48. The van der Waals surface area contributed by atoms with Crippen LogP contribution in [0.5, 0.6) is 23.1 Å². The van der Waals surface area contributed by atoms with Gasteiger partial charge in [0.25, 0.3) is 0 Å². The van der Waals surface area contributed by atoms with Crippen LogP contribution in [0.1, 0.15) is 12.8 Å². The lowest BCUT2D eigenvalue weighted by molar-refractivity contribution is -0.131. The molecule has 2 amide bonds. The Morgan fingerprint density at radius 3 is 2.14 bits per heavy atom. The van der Waals surface area contributed by atoms with Crippen molar-refractivity contribution in [2.75, 3.05) is 17.7 Å². The van der Waals surface area contributed by atoms with Gasteiger partial charge in [-0.15, -0.1) is 0 Å². The number of hydrogen-bond donors (Lipinski definition) is 3. The summed E-state index contributed by atoms with van der Waals surface area (Å²) >= 11 is 0. The maximum Gasteiger partial charge on any atom is 0.240 e. The molecule has 9 nitrogen and oxygen atoms in total. The largest absolute Gasteiger partial charge is 0.504 e. The van der Waals surface area contributed by atoms with Crippen molar-refractivity contribution in [2.45, 2.75) is 12.8 Å². The maximum atomic E-state index is 13.1. The number of anilines is 2. The molecule has 0 bridgehead atoms. The lowest BCUT2D eigenvalue weighted by atomic mass is 10.0. The molecule has 0 radical (unpaired) electrons. The van der Waals surface area contributed by atoms with Crippen LogP contribution < -0.4 is 20.1 Å². The number of benzene rings is 3. The smallest absolute Gasteiger partial charge is 0.240 e. The summed E-state index contributed by atoms with van der Waals surface area (Å²) in [7, 11) is 1.44. The van der Waals surface area contributed by atoms with Crippen molar-refractivity contribution in [2.24, 2.45) is 5.41 Å². The first-order chi connectivity index (χ1) is 17.4. The zero-order chi connectivity index (χ0) is 25.3. The number of carbonyl (C=O) groups is 2. The standard InChI is InChI=1S/C26H21FN4O5/c1-35-22-12-19-20(13-21(22)32)28-14-29-23(19)36-18-8-6-17(7-9-18)31-25(34)26(10-11-26)24(33)30-16-4-2-15(27)3-5-16/h2-9,12-14,32H,10-11H2,1H3,(H,30,33)(H,31,34). The van der Waals surface area contributed by atoms with Gasteiger partial charge in [-0.05, 0) is 67.4 Å². The van der Waals surface area contributed by atoms with E-state index in [0.29, 0.717) is 40.9 Å². The number of amides is 2. The molecule has 4 aromatic rings. The van der Waals surface area contributed by atoms with Gasteiger partial charge in [-0.25, -0.2) is 14.4 Å². The molecule has 1 aliphatic rings. The molecule has 3 N–H and O–H groups in total. The Morgan fingerprint density at radius 1 is 0.944 bits per heavy atom. The Kier molecular flexibility index (Phi) is 5.85. The molecule has 5 rings (SSSR count). The molecular weight excluding hydrogens is 467 g/mol. The molecule has 1 aromatic heterocycles. The summed E-state index contributed by atoms with van der Waals surface area (Å²) in [6.07, 6.45) is 2.17. The SMILES string of the molecule is COc1cc2c(Oc3ccc(NC(=O)C4(C(=O)Nc5ccc(F)cc5)CC4)cc3)ncnc2cc1O. The van der Waals surface area contributed by atoms with Crippen LogP contribution in [-0.4, -0.2) is 34.0 Å². The van der Waals surface area contributed by atoms with Crippen LogP contribution in [0.25, 0.3) is 10.9 Å². The number of nitrogens with one attached hydrogen (secondary N) is 2. The van der Waals surface area contributed by atoms with E-state index in [0.717, 1.165) is 0 Å². The number of ether oxygens (including phenoxy) is 2. The van der Waals surface area contributed by atoms with Gasteiger partial charge >= 0.3 is 0 Å². The predicted octanol–water partition coefficient (Wildman–Crippen LogP) is 4.63. The Bertz CT molecular complexity index is 1450. The van der Waals surface area contributed by atoms with E-state index in [1.165, 1.54) is 43.8 Å². The Morgan fingerprint density at radius 2 is 1.56 bits per heavy atom. The molecule has 36 heavy (non-hydrogen) atoms. The minimum Gasteiger partial charge on any atom is -0.504 e. The van der Waals surface area contributed by atoms with Gasteiger partial charge in [0.05, 0.1) is 18.0 Å². The quantitative estimate of drug-likeness (QED) is 0.324.